The Kier molecular flexibility index (Phi) is 4.61. The van der Waals surface area contributed by atoms with Crippen LogP contribution in [0.5, 0.6) is 0 Å². The van der Waals surface area contributed by atoms with Gasteiger partial charge in [-0.15, -0.1) is 10.2 Å². The second-order valence-corrected chi connectivity index (χ2v) is 7.90. The Morgan fingerprint density at radius 3 is 2.43 bits per heavy atom. The van der Waals surface area contributed by atoms with Gasteiger partial charge < -0.3 is 9.88 Å². The van der Waals surface area contributed by atoms with Gasteiger partial charge in [0, 0.05) is 18.0 Å². The van der Waals surface area contributed by atoms with Crippen LogP contribution in [-0.2, 0) is 4.79 Å². The van der Waals surface area contributed by atoms with Crippen molar-refractivity contribution in [3.8, 4) is 0 Å². The average Bonchev–Trinajstić information content (AvgIpc) is 3.37. The van der Waals surface area contributed by atoms with Gasteiger partial charge in [-0.3, -0.25) is 10.1 Å². The third kappa shape index (κ3) is 4.04. The lowest BCUT2D eigenvalue weighted by molar-refractivity contribution is -0.119. The third-order valence-electron chi connectivity index (χ3n) is 3.85. The van der Waals surface area contributed by atoms with Crippen LogP contribution in [0.4, 0.5) is 4.79 Å². The lowest BCUT2D eigenvalue weighted by Gasteiger charge is -2.14. The lowest BCUT2D eigenvalue weighted by Crippen LogP contribution is -2.45. The first kappa shape index (κ1) is 16.3. The first-order valence-electron chi connectivity index (χ1n) is 8.18. The van der Waals surface area contributed by atoms with Crippen molar-refractivity contribution in [1.82, 2.24) is 25.4 Å². The van der Waals surface area contributed by atoms with Gasteiger partial charge in [-0.05, 0) is 46.5 Å². The number of carbonyl (C=O) groups is 2. The Bertz CT molecular complexity index is 607. The van der Waals surface area contributed by atoms with Crippen LogP contribution in [0.1, 0.15) is 64.2 Å². The topological polar surface area (TPSA) is 88.9 Å². The summed E-state index contributed by atoms with van der Waals surface area (Å²) in [5, 5.41) is 14.0. The van der Waals surface area contributed by atoms with Gasteiger partial charge >= 0.3 is 6.03 Å². The zero-order valence-corrected chi connectivity index (χ0v) is 14.5. The SMILES string of the molecule is CC(C)NC(=O)NC(=O)[C@H](C)Sc1nnc(C2CC2)n1C1CC1. The van der Waals surface area contributed by atoms with Gasteiger partial charge in [0.05, 0.1) is 5.25 Å². The molecule has 3 rings (SSSR count). The van der Waals surface area contributed by atoms with Crippen LogP contribution in [0.15, 0.2) is 5.16 Å². The maximum atomic E-state index is 12.1. The Hall–Kier alpha value is -1.57. The highest BCUT2D eigenvalue weighted by Gasteiger charge is 2.37. The van der Waals surface area contributed by atoms with Gasteiger partial charge in [0.2, 0.25) is 5.91 Å². The van der Waals surface area contributed by atoms with E-state index in [1.807, 2.05) is 13.8 Å². The fourth-order valence-corrected chi connectivity index (χ4v) is 3.31. The second kappa shape index (κ2) is 6.51. The summed E-state index contributed by atoms with van der Waals surface area (Å²) in [6, 6.07) is 0.0206. The minimum absolute atomic E-state index is 0.00942. The minimum atomic E-state index is -0.459. The second-order valence-electron chi connectivity index (χ2n) is 6.59. The lowest BCUT2D eigenvalue weighted by atomic mass is 10.4. The Balaban J connectivity index is 1.62. The van der Waals surface area contributed by atoms with Crippen molar-refractivity contribution >= 4 is 23.7 Å². The number of thioether (sulfide) groups is 1. The molecule has 2 saturated carbocycles. The molecule has 2 fully saturated rings. The smallest absolute Gasteiger partial charge is 0.321 e. The number of imide groups is 1. The number of hydrogen-bond acceptors (Lipinski definition) is 5. The zero-order valence-electron chi connectivity index (χ0n) is 13.7. The van der Waals surface area contributed by atoms with E-state index >= 15 is 0 Å². The van der Waals surface area contributed by atoms with Crippen molar-refractivity contribution in [2.75, 3.05) is 0 Å². The largest absolute Gasteiger partial charge is 0.336 e. The van der Waals surface area contributed by atoms with Crippen molar-refractivity contribution in [3.63, 3.8) is 0 Å². The first-order valence-corrected chi connectivity index (χ1v) is 9.06. The number of rotatable bonds is 6. The van der Waals surface area contributed by atoms with Crippen molar-refractivity contribution < 1.29 is 9.59 Å². The number of hydrogen-bond donors (Lipinski definition) is 2. The molecule has 2 aliphatic carbocycles. The molecule has 0 aromatic carbocycles. The highest BCUT2D eigenvalue weighted by Crippen LogP contribution is 2.46. The van der Waals surface area contributed by atoms with Crippen molar-refractivity contribution in [2.45, 2.75) is 74.9 Å². The van der Waals surface area contributed by atoms with Gasteiger partial charge in [0.1, 0.15) is 5.82 Å². The van der Waals surface area contributed by atoms with Crippen molar-refractivity contribution in [2.24, 2.45) is 0 Å². The molecule has 1 aromatic heterocycles. The van der Waals surface area contributed by atoms with E-state index in [1.165, 1.54) is 24.6 Å². The van der Waals surface area contributed by atoms with E-state index in [9.17, 15) is 9.59 Å². The van der Waals surface area contributed by atoms with E-state index < -0.39 is 11.3 Å². The Morgan fingerprint density at radius 1 is 1.17 bits per heavy atom. The molecule has 126 valence electrons. The summed E-state index contributed by atoms with van der Waals surface area (Å²) in [6.45, 7) is 5.48. The molecule has 3 amide bonds. The molecule has 8 heteroatoms. The Morgan fingerprint density at radius 2 is 1.87 bits per heavy atom. The van der Waals surface area contributed by atoms with Crippen LogP contribution in [-0.4, -0.2) is 38.0 Å². The van der Waals surface area contributed by atoms with E-state index in [0.29, 0.717) is 12.0 Å². The molecule has 1 aromatic rings. The maximum absolute atomic E-state index is 12.1. The van der Waals surface area contributed by atoms with E-state index in [2.05, 4.69) is 25.4 Å². The molecule has 0 radical (unpaired) electrons. The number of nitrogens with zero attached hydrogens (tertiary/aromatic N) is 3. The Labute approximate surface area is 140 Å². The average molecular weight is 337 g/mol. The number of nitrogens with one attached hydrogen (secondary N) is 2. The maximum Gasteiger partial charge on any atom is 0.321 e. The van der Waals surface area contributed by atoms with Gasteiger partial charge in [0.25, 0.3) is 0 Å². The minimum Gasteiger partial charge on any atom is -0.336 e. The third-order valence-corrected chi connectivity index (χ3v) is 4.91. The molecule has 2 aliphatic rings. The monoisotopic (exact) mass is 337 g/mol. The zero-order chi connectivity index (χ0) is 16.6. The van der Waals surface area contributed by atoms with Crippen molar-refractivity contribution in [1.29, 1.82) is 0 Å². The molecule has 1 atom stereocenters. The van der Waals surface area contributed by atoms with Crippen LogP contribution >= 0.6 is 11.8 Å². The van der Waals surface area contributed by atoms with Crippen LogP contribution in [0.2, 0.25) is 0 Å². The van der Waals surface area contributed by atoms with E-state index in [0.717, 1.165) is 23.8 Å². The number of amides is 3. The summed E-state index contributed by atoms with van der Waals surface area (Å²) < 4.78 is 2.21. The number of carbonyl (C=O) groups excluding carboxylic acids is 2. The van der Waals surface area contributed by atoms with Crippen molar-refractivity contribution in [3.05, 3.63) is 5.82 Å². The molecule has 2 N–H and O–H groups in total. The molecule has 0 saturated heterocycles. The highest BCUT2D eigenvalue weighted by molar-refractivity contribution is 8.00. The van der Waals surface area contributed by atoms with Gasteiger partial charge in [-0.2, -0.15) is 0 Å². The van der Waals surface area contributed by atoms with E-state index in [-0.39, 0.29) is 11.9 Å². The molecule has 0 spiro atoms. The molecular formula is C15H23N5O2S. The standard InChI is InChI=1S/C15H23N5O2S/c1-8(2)16-14(22)17-13(21)9(3)23-15-19-18-12(10-4-5-10)20(15)11-6-7-11/h8-11H,4-7H2,1-3H3,(H2,16,17,21,22)/t9-/m0/s1. The fourth-order valence-electron chi connectivity index (χ4n) is 2.39. The molecular weight excluding hydrogens is 314 g/mol. The van der Waals surface area contributed by atoms with Crippen LogP contribution in [0.3, 0.4) is 0 Å². The van der Waals surface area contributed by atoms with Gasteiger partial charge in [-0.25, -0.2) is 4.79 Å². The summed E-state index contributed by atoms with van der Waals surface area (Å²) in [5.41, 5.74) is 0. The molecule has 0 aliphatic heterocycles. The summed E-state index contributed by atoms with van der Waals surface area (Å²) in [7, 11) is 0. The summed E-state index contributed by atoms with van der Waals surface area (Å²) >= 11 is 1.37. The molecule has 7 nitrogen and oxygen atoms in total. The van der Waals surface area contributed by atoms with Crippen LogP contribution < -0.4 is 10.6 Å². The summed E-state index contributed by atoms with van der Waals surface area (Å²) in [4.78, 5) is 23.8. The van der Waals surface area contributed by atoms with Crippen LogP contribution in [0, 0.1) is 0 Å². The summed E-state index contributed by atoms with van der Waals surface area (Å²) in [5.74, 6) is 1.30. The predicted molar refractivity (Wildman–Crippen MR) is 87.4 cm³/mol. The normalized spacial score (nSPS) is 18.8. The highest BCUT2D eigenvalue weighted by atomic mass is 32.2. The molecule has 1 heterocycles. The first-order chi connectivity index (χ1) is 11.0. The fraction of sp³-hybridized carbons (Fsp3) is 0.733. The summed E-state index contributed by atoms with van der Waals surface area (Å²) in [6.07, 6.45) is 4.67. The van der Waals surface area contributed by atoms with E-state index in [4.69, 9.17) is 0 Å². The van der Waals surface area contributed by atoms with Gasteiger partial charge in [-0.1, -0.05) is 11.8 Å². The molecule has 23 heavy (non-hydrogen) atoms. The molecule has 0 unspecified atom stereocenters. The quantitative estimate of drug-likeness (QED) is 0.777. The van der Waals surface area contributed by atoms with Crippen LogP contribution in [0.25, 0.3) is 0 Å². The predicted octanol–water partition coefficient (Wildman–Crippen LogP) is 2.21. The van der Waals surface area contributed by atoms with Gasteiger partial charge in [0.15, 0.2) is 5.16 Å². The number of aromatic nitrogens is 3. The number of urea groups is 1. The van der Waals surface area contributed by atoms with E-state index in [1.54, 1.807) is 6.92 Å². The molecule has 0 bridgehead atoms.